The molecule has 1 N–H and O–H groups in total. The second kappa shape index (κ2) is 8.99. The number of thiazole rings is 1. The molecular weight excluding hydrogens is 330 g/mol. The van der Waals surface area contributed by atoms with Crippen molar-refractivity contribution < 1.29 is 4.79 Å². The Morgan fingerprint density at radius 1 is 1.20 bits per heavy atom. The van der Waals surface area contributed by atoms with Crippen LogP contribution in [0.4, 0.5) is 4.79 Å². The quantitative estimate of drug-likeness (QED) is 0.811. The number of aryl methyl sites for hydroxylation is 1. The highest BCUT2D eigenvalue weighted by molar-refractivity contribution is 7.09. The van der Waals surface area contributed by atoms with Crippen molar-refractivity contribution in [2.24, 2.45) is 5.92 Å². The van der Waals surface area contributed by atoms with E-state index in [2.05, 4.69) is 22.4 Å². The van der Waals surface area contributed by atoms with Gasteiger partial charge in [-0.15, -0.1) is 11.3 Å². The molecule has 1 heterocycles. The molecule has 0 unspecified atom stereocenters. The predicted octanol–water partition coefficient (Wildman–Crippen LogP) is 4.74. The smallest absolute Gasteiger partial charge is 0.318 e. The molecule has 2 aromatic rings. The van der Waals surface area contributed by atoms with Gasteiger partial charge >= 0.3 is 6.03 Å². The Hall–Kier alpha value is -1.88. The van der Waals surface area contributed by atoms with E-state index in [9.17, 15) is 4.79 Å². The van der Waals surface area contributed by atoms with Gasteiger partial charge in [-0.1, -0.05) is 49.6 Å². The molecule has 1 fully saturated rings. The van der Waals surface area contributed by atoms with Gasteiger partial charge < -0.3 is 10.2 Å². The van der Waals surface area contributed by atoms with E-state index in [1.165, 1.54) is 32.1 Å². The Morgan fingerprint density at radius 3 is 2.64 bits per heavy atom. The van der Waals surface area contributed by atoms with Gasteiger partial charge in [0.2, 0.25) is 0 Å². The monoisotopic (exact) mass is 357 g/mol. The van der Waals surface area contributed by atoms with Gasteiger partial charge in [0.15, 0.2) is 0 Å². The lowest BCUT2D eigenvalue weighted by molar-refractivity contribution is 0.189. The summed E-state index contributed by atoms with van der Waals surface area (Å²) in [5.41, 5.74) is 4.02. The second-order valence-electron chi connectivity index (χ2n) is 6.89. The first kappa shape index (κ1) is 17.9. The summed E-state index contributed by atoms with van der Waals surface area (Å²) in [4.78, 5) is 20.2. The van der Waals surface area contributed by atoms with E-state index in [4.69, 9.17) is 0 Å². The number of nitrogens with zero attached hydrogens (tertiary/aromatic N) is 2. The zero-order chi connectivity index (χ0) is 17.5. The van der Waals surface area contributed by atoms with Crippen molar-refractivity contribution in [3.63, 3.8) is 0 Å². The van der Waals surface area contributed by atoms with Crippen molar-refractivity contribution >= 4 is 17.4 Å². The van der Waals surface area contributed by atoms with Crippen molar-refractivity contribution in [1.29, 1.82) is 0 Å². The van der Waals surface area contributed by atoms with Crippen molar-refractivity contribution in [3.05, 3.63) is 52.0 Å². The SMILES string of the molecule is Cc1ncsc1CN(Cc1ccccc1)C(=O)NCC1CCCCC1. The van der Waals surface area contributed by atoms with Crippen LogP contribution in [-0.2, 0) is 13.1 Å². The van der Waals surface area contributed by atoms with E-state index < -0.39 is 0 Å². The number of carbonyl (C=O) groups is 1. The summed E-state index contributed by atoms with van der Waals surface area (Å²) in [6.07, 6.45) is 6.43. The summed E-state index contributed by atoms with van der Waals surface area (Å²) in [6, 6.07) is 10.2. The summed E-state index contributed by atoms with van der Waals surface area (Å²) >= 11 is 1.62. The lowest BCUT2D eigenvalue weighted by Gasteiger charge is -2.26. The largest absolute Gasteiger partial charge is 0.338 e. The van der Waals surface area contributed by atoms with Crippen LogP contribution in [0.15, 0.2) is 35.8 Å². The van der Waals surface area contributed by atoms with Crippen LogP contribution in [0.25, 0.3) is 0 Å². The van der Waals surface area contributed by atoms with Crippen molar-refractivity contribution in [2.75, 3.05) is 6.54 Å². The third kappa shape index (κ3) is 5.30. The van der Waals surface area contributed by atoms with Crippen LogP contribution in [0.3, 0.4) is 0 Å². The van der Waals surface area contributed by atoms with Gasteiger partial charge in [0.25, 0.3) is 0 Å². The van der Waals surface area contributed by atoms with E-state index in [-0.39, 0.29) is 6.03 Å². The third-order valence-corrected chi connectivity index (χ3v) is 5.87. The molecule has 0 atom stereocenters. The Labute approximate surface area is 154 Å². The van der Waals surface area contributed by atoms with Crippen molar-refractivity contribution in [1.82, 2.24) is 15.2 Å². The van der Waals surface area contributed by atoms with E-state index in [1.807, 2.05) is 35.5 Å². The summed E-state index contributed by atoms with van der Waals surface area (Å²) in [6.45, 7) is 4.04. The number of urea groups is 1. The average molecular weight is 358 g/mol. The van der Waals surface area contributed by atoms with Gasteiger partial charge in [0, 0.05) is 18.0 Å². The minimum absolute atomic E-state index is 0.0298. The molecule has 1 saturated carbocycles. The predicted molar refractivity (Wildman–Crippen MR) is 103 cm³/mol. The zero-order valence-electron chi connectivity index (χ0n) is 14.9. The van der Waals surface area contributed by atoms with Gasteiger partial charge in [-0.25, -0.2) is 9.78 Å². The number of carbonyl (C=O) groups excluding carboxylic acids is 1. The minimum atomic E-state index is 0.0298. The van der Waals surface area contributed by atoms with Gasteiger partial charge in [-0.3, -0.25) is 0 Å². The van der Waals surface area contributed by atoms with E-state index >= 15 is 0 Å². The molecule has 25 heavy (non-hydrogen) atoms. The topological polar surface area (TPSA) is 45.2 Å². The second-order valence-corrected chi connectivity index (χ2v) is 7.83. The number of hydrogen-bond acceptors (Lipinski definition) is 3. The lowest BCUT2D eigenvalue weighted by Crippen LogP contribution is -2.41. The summed E-state index contributed by atoms with van der Waals surface area (Å²) in [7, 11) is 0. The van der Waals surface area contributed by atoms with Crippen molar-refractivity contribution in [2.45, 2.75) is 52.1 Å². The Morgan fingerprint density at radius 2 is 1.96 bits per heavy atom. The first-order valence-corrected chi connectivity index (χ1v) is 10.1. The molecular formula is C20H27N3OS. The average Bonchev–Trinajstić information content (AvgIpc) is 3.05. The summed E-state index contributed by atoms with van der Waals surface area (Å²) in [5.74, 6) is 0.640. The molecule has 0 spiro atoms. The number of rotatable bonds is 6. The van der Waals surface area contributed by atoms with Crippen LogP contribution >= 0.6 is 11.3 Å². The maximum Gasteiger partial charge on any atom is 0.318 e. The van der Waals surface area contributed by atoms with Crippen LogP contribution in [0.1, 0.15) is 48.2 Å². The van der Waals surface area contributed by atoms with Crippen LogP contribution in [0.2, 0.25) is 0 Å². The highest BCUT2D eigenvalue weighted by Crippen LogP contribution is 2.23. The fourth-order valence-electron chi connectivity index (χ4n) is 3.39. The fraction of sp³-hybridized carbons (Fsp3) is 0.500. The zero-order valence-corrected chi connectivity index (χ0v) is 15.7. The lowest BCUT2D eigenvalue weighted by atomic mass is 9.89. The van der Waals surface area contributed by atoms with Crippen molar-refractivity contribution in [3.8, 4) is 0 Å². The highest BCUT2D eigenvalue weighted by atomic mass is 32.1. The molecule has 1 aliphatic carbocycles. The molecule has 1 aromatic heterocycles. The molecule has 0 aliphatic heterocycles. The molecule has 0 saturated heterocycles. The number of hydrogen-bond donors (Lipinski definition) is 1. The summed E-state index contributed by atoms with van der Waals surface area (Å²) < 4.78 is 0. The maximum atomic E-state index is 12.8. The van der Waals surface area contributed by atoms with Gasteiger partial charge in [-0.2, -0.15) is 0 Å². The number of benzene rings is 1. The molecule has 3 rings (SSSR count). The molecule has 5 heteroatoms. The molecule has 0 bridgehead atoms. The molecule has 2 amide bonds. The van der Waals surface area contributed by atoms with Gasteiger partial charge in [-0.05, 0) is 31.2 Å². The van der Waals surface area contributed by atoms with Gasteiger partial charge in [0.1, 0.15) is 0 Å². The Balaban J connectivity index is 1.63. The standard InChI is InChI=1S/C20H27N3OS/c1-16-19(25-15-22-16)14-23(13-18-10-6-3-7-11-18)20(24)21-12-17-8-4-2-5-9-17/h3,6-7,10-11,15,17H,2,4-5,8-9,12-14H2,1H3,(H,21,24). The fourth-order valence-corrected chi connectivity index (χ4v) is 4.18. The van der Waals surface area contributed by atoms with Crippen LogP contribution in [-0.4, -0.2) is 22.5 Å². The van der Waals surface area contributed by atoms with Crippen LogP contribution < -0.4 is 5.32 Å². The number of nitrogens with one attached hydrogen (secondary N) is 1. The molecule has 1 aliphatic rings. The number of aromatic nitrogens is 1. The molecule has 4 nitrogen and oxygen atoms in total. The Kier molecular flexibility index (Phi) is 6.45. The minimum Gasteiger partial charge on any atom is -0.338 e. The molecule has 1 aromatic carbocycles. The first-order chi connectivity index (χ1) is 12.2. The van der Waals surface area contributed by atoms with E-state index in [0.717, 1.165) is 22.7 Å². The number of amides is 2. The maximum absolute atomic E-state index is 12.8. The third-order valence-electron chi connectivity index (χ3n) is 4.95. The first-order valence-electron chi connectivity index (χ1n) is 9.18. The highest BCUT2D eigenvalue weighted by Gasteiger charge is 2.19. The van der Waals surface area contributed by atoms with E-state index in [1.54, 1.807) is 11.3 Å². The normalized spacial score (nSPS) is 15.1. The van der Waals surface area contributed by atoms with Crippen LogP contribution in [0.5, 0.6) is 0 Å². The molecule has 0 radical (unpaired) electrons. The van der Waals surface area contributed by atoms with Gasteiger partial charge in [0.05, 0.1) is 17.7 Å². The Bertz CT molecular complexity index is 665. The van der Waals surface area contributed by atoms with E-state index in [0.29, 0.717) is 19.0 Å². The summed E-state index contributed by atoms with van der Waals surface area (Å²) in [5, 5.41) is 3.18. The molecule has 134 valence electrons. The van der Waals surface area contributed by atoms with Crippen LogP contribution in [0, 0.1) is 12.8 Å².